The van der Waals surface area contributed by atoms with Gasteiger partial charge in [0.25, 0.3) is 0 Å². The zero-order valence-electron chi connectivity index (χ0n) is 8.66. The number of rotatable bonds is 3. The van der Waals surface area contributed by atoms with Gasteiger partial charge in [-0.3, -0.25) is 4.79 Å². The van der Waals surface area contributed by atoms with Crippen molar-refractivity contribution in [1.82, 2.24) is 0 Å². The lowest BCUT2D eigenvalue weighted by atomic mass is 10.1. The van der Waals surface area contributed by atoms with E-state index in [-0.39, 0.29) is 6.42 Å². The number of ketones is 1. The molecule has 17 heavy (non-hydrogen) atoms. The monoisotopic (exact) mass is 250 g/mol. The molecule has 0 radical (unpaired) electrons. The normalized spacial score (nSPS) is 11.2. The van der Waals surface area contributed by atoms with Gasteiger partial charge in [0.2, 0.25) is 5.82 Å². The lowest BCUT2D eigenvalue weighted by Crippen LogP contribution is -2.04. The molecule has 0 aromatic heterocycles. The average Bonchev–Trinajstić information content (AvgIpc) is 2.33. The molecule has 0 amide bonds. The SMILES string of the molecule is CCC(=O)C=Cc1c(F)c(F)c(F)c(F)c1F. The highest BCUT2D eigenvalue weighted by atomic mass is 19.2. The van der Waals surface area contributed by atoms with Gasteiger partial charge in [0.15, 0.2) is 29.1 Å². The quantitative estimate of drug-likeness (QED) is 0.348. The van der Waals surface area contributed by atoms with Crippen LogP contribution in [0.2, 0.25) is 0 Å². The highest BCUT2D eigenvalue weighted by Crippen LogP contribution is 2.23. The van der Waals surface area contributed by atoms with E-state index >= 15 is 0 Å². The summed E-state index contributed by atoms with van der Waals surface area (Å²) >= 11 is 0. The van der Waals surface area contributed by atoms with Crippen molar-refractivity contribution < 1.29 is 26.7 Å². The molecule has 1 aromatic carbocycles. The average molecular weight is 250 g/mol. The first kappa shape index (κ1) is 13.3. The second-order valence-electron chi connectivity index (χ2n) is 3.14. The zero-order valence-corrected chi connectivity index (χ0v) is 8.66. The topological polar surface area (TPSA) is 17.1 Å². The van der Waals surface area contributed by atoms with Gasteiger partial charge in [-0.25, -0.2) is 22.0 Å². The molecular weight excluding hydrogens is 243 g/mol. The van der Waals surface area contributed by atoms with Crippen molar-refractivity contribution in [1.29, 1.82) is 0 Å². The van der Waals surface area contributed by atoms with Gasteiger partial charge in [-0.15, -0.1) is 0 Å². The molecule has 92 valence electrons. The van der Waals surface area contributed by atoms with E-state index in [0.29, 0.717) is 6.08 Å². The Morgan fingerprint density at radius 3 is 1.76 bits per heavy atom. The Balaban J connectivity index is 3.35. The minimum Gasteiger partial charge on any atom is -0.295 e. The second-order valence-corrected chi connectivity index (χ2v) is 3.14. The molecule has 0 bridgehead atoms. The third-order valence-electron chi connectivity index (χ3n) is 2.03. The van der Waals surface area contributed by atoms with Crippen molar-refractivity contribution in [3.05, 3.63) is 40.7 Å². The molecule has 0 N–H and O–H groups in total. The highest BCUT2D eigenvalue weighted by Gasteiger charge is 2.24. The van der Waals surface area contributed by atoms with Crippen molar-refractivity contribution >= 4 is 11.9 Å². The number of hydrogen-bond donors (Lipinski definition) is 0. The van der Waals surface area contributed by atoms with Crippen molar-refractivity contribution in [2.24, 2.45) is 0 Å². The van der Waals surface area contributed by atoms with Crippen LogP contribution in [0.3, 0.4) is 0 Å². The van der Waals surface area contributed by atoms with E-state index in [1.54, 1.807) is 0 Å². The maximum atomic E-state index is 13.1. The van der Waals surface area contributed by atoms with E-state index < -0.39 is 40.4 Å². The van der Waals surface area contributed by atoms with Gasteiger partial charge in [-0.1, -0.05) is 6.92 Å². The van der Waals surface area contributed by atoms with Crippen LogP contribution in [-0.4, -0.2) is 5.78 Å². The first-order chi connectivity index (χ1) is 7.90. The molecule has 1 aromatic rings. The molecule has 6 heteroatoms. The maximum Gasteiger partial charge on any atom is 0.200 e. The second kappa shape index (κ2) is 5.07. The summed E-state index contributed by atoms with van der Waals surface area (Å²) in [5.41, 5.74) is -1.12. The molecule has 0 saturated heterocycles. The summed E-state index contributed by atoms with van der Waals surface area (Å²) in [6.07, 6.45) is 1.40. The van der Waals surface area contributed by atoms with Gasteiger partial charge in [-0.05, 0) is 12.2 Å². The highest BCUT2D eigenvalue weighted by molar-refractivity contribution is 5.93. The molecule has 0 heterocycles. The van der Waals surface area contributed by atoms with Crippen LogP contribution in [0.4, 0.5) is 22.0 Å². The van der Waals surface area contributed by atoms with Crippen molar-refractivity contribution in [2.45, 2.75) is 13.3 Å². The van der Waals surface area contributed by atoms with Gasteiger partial charge >= 0.3 is 0 Å². The van der Waals surface area contributed by atoms with Crippen LogP contribution >= 0.6 is 0 Å². The summed E-state index contributed by atoms with van der Waals surface area (Å²) in [7, 11) is 0. The standard InChI is InChI=1S/C11H7F5O/c1-2-5(17)3-4-6-7(12)9(14)11(16)10(15)8(6)13/h3-4H,2H2,1H3. The number of carbonyl (C=O) groups is 1. The lowest BCUT2D eigenvalue weighted by Gasteiger charge is -2.03. The van der Waals surface area contributed by atoms with Gasteiger partial charge in [0.1, 0.15) is 0 Å². The first-order valence-electron chi connectivity index (χ1n) is 4.62. The van der Waals surface area contributed by atoms with Crippen LogP contribution < -0.4 is 0 Å². The van der Waals surface area contributed by atoms with E-state index in [9.17, 15) is 26.7 Å². The lowest BCUT2D eigenvalue weighted by molar-refractivity contribution is -0.114. The van der Waals surface area contributed by atoms with Crippen LogP contribution in [0.5, 0.6) is 0 Å². The zero-order chi connectivity index (χ0) is 13.2. The largest absolute Gasteiger partial charge is 0.295 e. The van der Waals surface area contributed by atoms with Crippen LogP contribution in [-0.2, 0) is 4.79 Å². The minimum atomic E-state index is -2.22. The first-order valence-corrected chi connectivity index (χ1v) is 4.62. The number of allylic oxidation sites excluding steroid dienone is 1. The number of hydrogen-bond acceptors (Lipinski definition) is 1. The number of benzene rings is 1. The van der Waals surface area contributed by atoms with Crippen LogP contribution in [0.15, 0.2) is 6.08 Å². The molecule has 0 aliphatic rings. The third kappa shape index (κ3) is 2.51. The van der Waals surface area contributed by atoms with Crippen molar-refractivity contribution in [3.63, 3.8) is 0 Å². The predicted molar refractivity (Wildman–Crippen MR) is 50.6 cm³/mol. The summed E-state index contributed by atoms with van der Waals surface area (Å²) in [6.45, 7) is 1.49. The van der Waals surface area contributed by atoms with Gasteiger partial charge < -0.3 is 0 Å². The summed E-state index contributed by atoms with van der Waals surface area (Å²) in [5, 5.41) is 0. The van der Waals surface area contributed by atoms with Crippen molar-refractivity contribution in [3.8, 4) is 0 Å². The van der Waals surface area contributed by atoms with Crippen LogP contribution in [0.25, 0.3) is 6.08 Å². The van der Waals surface area contributed by atoms with Crippen molar-refractivity contribution in [2.75, 3.05) is 0 Å². The van der Waals surface area contributed by atoms with Crippen LogP contribution in [0.1, 0.15) is 18.9 Å². The minimum absolute atomic E-state index is 0.0614. The van der Waals surface area contributed by atoms with E-state index in [1.165, 1.54) is 6.92 Å². The molecule has 0 unspecified atom stereocenters. The Hall–Kier alpha value is -1.72. The maximum absolute atomic E-state index is 13.1. The molecule has 0 saturated carbocycles. The molecule has 0 aliphatic carbocycles. The fourth-order valence-corrected chi connectivity index (χ4v) is 1.06. The fraction of sp³-hybridized carbons (Fsp3) is 0.182. The molecular formula is C11H7F5O. The van der Waals surface area contributed by atoms with E-state index in [0.717, 1.165) is 6.08 Å². The molecule has 0 atom stereocenters. The van der Waals surface area contributed by atoms with Gasteiger partial charge in [-0.2, -0.15) is 0 Å². The molecule has 0 aliphatic heterocycles. The Bertz CT molecular complexity index is 464. The fourth-order valence-electron chi connectivity index (χ4n) is 1.06. The molecule has 1 nitrogen and oxygen atoms in total. The summed E-state index contributed by atoms with van der Waals surface area (Å²) in [5.74, 6) is -10.7. The summed E-state index contributed by atoms with van der Waals surface area (Å²) in [4.78, 5) is 10.9. The number of halogens is 5. The predicted octanol–water partition coefficient (Wildman–Crippen LogP) is 3.37. The van der Waals surface area contributed by atoms with E-state index in [4.69, 9.17) is 0 Å². The smallest absolute Gasteiger partial charge is 0.200 e. The molecule has 1 rings (SSSR count). The Kier molecular flexibility index (Phi) is 3.98. The van der Waals surface area contributed by atoms with E-state index in [2.05, 4.69) is 0 Å². The number of carbonyl (C=O) groups excluding carboxylic acids is 1. The van der Waals surface area contributed by atoms with E-state index in [1.807, 2.05) is 0 Å². The molecule has 0 spiro atoms. The Labute approximate surface area is 93.6 Å². The summed E-state index contributed by atoms with van der Waals surface area (Å²) < 4.78 is 64.2. The molecule has 0 fully saturated rings. The Morgan fingerprint density at radius 2 is 1.35 bits per heavy atom. The van der Waals surface area contributed by atoms with Gasteiger partial charge in [0.05, 0.1) is 5.56 Å². The third-order valence-corrected chi connectivity index (χ3v) is 2.03. The summed E-state index contributed by atoms with van der Waals surface area (Å²) in [6, 6.07) is 0. The van der Waals surface area contributed by atoms with Gasteiger partial charge in [0, 0.05) is 6.42 Å². The Morgan fingerprint density at radius 1 is 0.941 bits per heavy atom. The van der Waals surface area contributed by atoms with Crippen LogP contribution in [0, 0.1) is 29.1 Å².